The van der Waals surface area contributed by atoms with Gasteiger partial charge in [-0.25, -0.2) is 0 Å². The highest BCUT2D eigenvalue weighted by Gasteiger charge is 2.19. The van der Waals surface area contributed by atoms with Crippen LogP contribution in [0.1, 0.15) is 25.5 Å². The Balaban J connectivity index is 2.25. The van der Waals surface area contributed by atoms with Gasteiger partial charge in [0.2, 0.25) is 0 Å². The van der Waals surface area contributed by atoms with Gasteiger partial charge in [0.05, 0.1) is 0 Å². The average molecular weight is 236 g/mol. The van der Waals surface area contributed by atoms with Gasteiger partial charge in [0.1, 0.15) is 0 Å². The van der Waals surface area contributed by atoms with E-state index in [0.29, 0.717) is 0 Å². The molecule has 1 aliphatic heterocycles. The first-order valence-corrected chi connectivity index (χ1v) is 6.94. The smallest absolute Gasteiger partial charge is 0.0415 e. The van der Waals surface area contributed by atoms with Gasteiger partial charge in [-0.05, 0) is 18.6 Å². The summed E-state index contributed by atoms with van der Waals surface area (Å²) in [6, 6.07) is 8.63. The van der Waals surface area contributed by atoms with Crippen LogP contribution in [0.4, 0.5) is 5.69 Å². The maximum Gasteiger partial charge on any atom is 0.0415 e. The number of nitrogens with two attached hydrogens (primary N) is 1. The second-order valence-electron chi connectivity index (χ2n) is 4.47. The summed E-state index contributed by atoms with van der Waals surface area (Å²) in [6.45, 7) is 6.62. The molecule has 2 N–H and O–H groups in total. The number of thioether (sulfide) groups is 1. The third kappa shape index (κ3) is 2.53. The Hall–Kier alpha value is -0.670. The van der Waals surface area contributed by atoms with Crippen LogP contribution in [0.15, 0.2) is 24.3 Å². The molecule has 3 heteroatoms. The number of nitrogens with zero attached hydrogens (tertiary/aromatic N) is 1. The Morgan fingerprint density at radius 2 is 2.19 bits per heavy atom. The monoisotopic (exact) mass is 236 g/mol. The van der Waals surface area contributed by atoms with Gasteiger partial charge in [0.15, 0.2) is 0 Å². The lowest BCUT2D eigenvalue weighted by atomic mass is 10.1. The molecule has 0 saturated carbocycles. The summed E-state index contributed by atoms with van der Waals surface area (Å²) in [5, 5.41) is 0.717. The molecule has 0 spiro atoms. The highest BCUT2D eigenvalue weighted by Crippen LogP contribution is 2.29. The fraction of sp³-hybridized carbons (Fsp3) is 0.538. The third-order valence-corrected chi connectivity index (χ3v) is 4.15. The van der Waals surface area contributed by atoms with Gasteiger partial charge in [0.25, 0.3) is 0 Å². The predicted octanol–water partition coefficient (Wildman–Crippen LogP) is 2.65. The molecule has 0 bridgehead atoms. The largest absolute Gasteiger partial charge is 0.369 e. The second kappa shape index (κ2) is 5.11. The normalized spacial score (nSPS) is 23.2. The molecule has 2 rings (SSSR count). The van der Waals surface area contributed by atoms with Crippen LogP contribution in [0.25, 0.3) is 0 Å². The second-order valence-corrected chi connectivity index (χ2v) is 6.02. The summed E-state index contributed by atoms with van der Waals surface area (Å²) in [6.07, 6.45) is 0. The minimum Gasteiger partial charge on any atom is -0.369 e. The van der Waals surface area contributed by atoms with Crippen molar-refractivity contribution in [2.45, 2.75) is 25.1 Å². The van der Waals surface area contributed by atoms with E-state index in [2.05, 4.69) is 54.8 Å². The minimum absolute atomic E-state index is 0.112. The zero-order valence-electron chi connectivity index (χ0n) is 10.0. The van der Waals surface area contributed by atoms with Crippen molar-refractivity contribution in [1.29, 1.82) is 0 Å². The first-order valence-electron chi connectivity index (χ1n) is 5.89. The highest BCUT2D eigenvalue weighted by atomic mass is 32.2. The molecule has 1 unspecified atom stereocenters. The minimum atomic E-state index is 0.112. The van der Waals surface area contributed by atoms with Crippen molar-refractivity contribution < 1.29 is 0 Å². The van der Waals surface area contributed by atoms with Gasteiger partial charge >= 0.3 is 0 Å². The van der Waals surface area contributed by atoms with Crippen LogP contribution in [0, 0.1) is 0 Å². The van der Waals surface area contributed by atoms with Crippen molar-refractivity contribution in [2.75, 3.05) is 23.7 Å². The Labute approximate surface area is 102 Å². The van der Waals surface area contributed by atoms with E-state index in [9.17, 15) is 0 Å². The topological polar surface area (TPSA) is 29.3 Å². The maximum atomic E-state index is 6.02. The van der Waals surface area contributed by atoms with Crippen molar-refractivity contribution in [3.05, 3.63) is 29.8 Å². The Bertz CT molecular complexity index is 352. The summed E-state index contributed by atoms with van der Waals surface area (Å²) in [5.41, 5.74) is 8.61. The number of hydrogen-bond donors (Lipinski definition) is 1. The standard InChI is InChI=1S/C13H20N2S/c1-10-9-15(7-8-16-10)13-6-4-3-5-12(13)11(2)14/h3-6,10-11H,7-9,14H2,1-2H3/t10?,11-/m1/s1. The fourth-order valence-electron chi connectivity index (χ4n) is 2.20. The van der Waals surface area contributed by atoms with E-state index in [1.807, 2.05) is 0 Å². The van der Waals surface area contributed by atoms with Crippen molar-refractivity contribution in [1.82, 2.24) is 0 Å². The van der Waals surface area contributed by atoms with Crippen LogP contribution in [0.5, 0.6) is 0 Å². The van der Waals surface area contributed by atoms with Crippen molar-refractivity contribution in [3.8, 4) is 0 Å². The summed E-state index contributed by atoms with van der Waals surface area (Å²) < 4.78 is 0. The van der Waals surface area contributed by atoms with Crippen LogP contribution >= 0.6 is 11.8 Å². The van der Waals surface area contributed by atoms with Gasteiger partial charge in [-0.2, -0.15) is 11.8 Å². The zero-order valence-corrected chi connectivity index (χ0v) is 10.8. The van der Waals surface area contributed by atoms with Crippen molar-refractivity contribution >= 4 is 17.4 Å². The molecule has 1 saturated heterocycles. The third-order valence-electron chi connectivity index (χ3n) is 3.01. The first kappa shape index (κ1) is 11.8. The Morgan fingerprint density at radius 1 is 1.44 bits per heavy atom. The van der Waals surface area contributed by atoms with Crippen LogP contribution in [0.2, 0.25) is 0 Å². The molecule has 1 aliphatic rings. The molecule has 0 amide bonds. The molecule has 88 valence electrons. The summed E-state index contributed by atoms with van der Waals surface area (Å²) >= 11 is 2.06. The van der Waals surface area contributed by atoms with Crippen LogP contribution in [-0.4, -0.2) is 24.1 Å². The van der Waals surface area contributed by atoms with Gasteiger partial charge in [-0.3, -0.25) is 0 Å². The van der Waals surface area contributed by atoms with Crippen LogP contribution in [-0.2, 0) is 0 Å². The average Bonchev–Trinajstić information content (AvgIpc) is 2.29. The molecule has 1 heterocycles. The SMILES string of the molecule is CC1CN(c2ccccc2[C@@H](C)N)CCS1. The van der Waals surface area contributed by atoms with Gasteiger partial charge in [-0.15, -0.1) is 0 Å². The Morgan fingerprint density at radius 3 is 2.88 bits per heavy atom. The number of anilines is 1. The van der Waals surface area contributed by atoms with Crippen molar-refractivity contribution in [3.63, 3.8) is 0 Å². The van der Waals surface area contributed by atoms with E-state index >= 15 is 0 Å². The molecule has 0 aromatic heterocycles. The molecule has 0 aliphatic carbocycles. The summed E-state index contributed by atoms with van der Waals surface area (Å²) in [7, 11) is 0. The van der Waals surface area contributed by atoms with E-state index < -0.39 is 0 Å². The molecular weight excluding hydrogens is 216 g/mol. The number of hydrogen-bond acceptors (Lipinski definition) is 3. The van der Waals surface area contributed by atoms with E-state index in [-0.39, 0.29) is 6.04 Å². The number of benzene rings is 1. The van der Waals surface area contributed by atoms with Crippen LogP contribution in [0.3, 0.4) is 0 Å². The molecule has 1 fully saturated rings. The van der Waals surface area contributed by atoms with E-state index in [0.717, 1.165) is 18.3 Å². The number of rotatable bonds is 2. The van der Waals surface area contributed by atoms with Gasteiger partial charge in [0, 0.05) is 35.8 Å². The summed E-state index contributed by atoms with van der Waals surface area (Å²) in [5.74, 6) is 1.22. The van der Waals surface area contributed by atoms with Crippen LogP contribution < -0.4 is 10.6 Å². The molecule has 1 aromatic rings. The van der Waals surface area contributed by atoms with E-state index in [1.165, 1.54) is 17.0 Å². The lowest BCUT2D eigenvalue weighted by Gasteiger charge is -2.34. The highest BCUT2D eigenvalue weighted by molar-refractivity contribution is 8.00. The molecule has 2 nitrogen and oxygen atoms in total. The first-order chi connectivity index (χ1) is 7.68. The van der Waals surface area contributed by atoms with Crippen molar-refractivity contribution in [2.24, 2.45) is 5.73 Å². The van der Waals surface area contributed by atoms with E-state index in [4.69, 9.17) is 5.73 Å². The lowest BCUT2D eigenvalue weighted by Crippen LogP contribution is -2.37. The molecule has 1 aromatic carbocycles. The summed E-state index contributed by atoms with van der Waals surface area (Å²) in [4.78, 5) is 2.47. The predicted molar refractivity (Wildman–Crippen MR) is 73.2 cm³/mol. The molecule has 2 atom stereocenters. The zero-order chi connectivity index (χ0) is 11.5. The maximum absolute atomic E-state index is 6.02. The molecular formula is C13H20N2S. The Kier molecular flexibility index (Phi) is 3.77. The van der Waals surface area contributed by atoms with Gasteiger partial charge in [-0.1, -0.05) is 25.1 Å². The molecule has 0 radical (unpaired) electrons. The molecule has 16 heavy (non-hydrogen) atoms. The van der Waals surface area contributed by atoms with E-state index in [1.54, 1.807) is 0 Å². The number of para-hydroxylation sites is 1. The quantitative estimate of drug-likeness (QED) is 0.856. The lowest BCUT2D eigenvalue weighted by molar-refractivity contribution is 0.755. The van der Waals surface area contributed by atoms with Gasteiger partial charge < -0.3 is 10.6 Å². The fourth-order valence-corrected chi connectivity index (χ4v) is 3.21.